The standard InChI is InChI=1S/C25H30O3S2/c1-4-7-10-18-29(16-5-2,17-6-3)28-30(26,27)25-15-11-14-23-19-21-12-8-9-13-22(21)20-24(23)25/h5-6,8-9,11-15,19-20H,2-4,7,10,16-18H2,1H3. The molecule has 0 saturated heterocycles. The van der Waals surface area contributed by atoms with Crippen LogP contribution in [-0.2, 0) is 13.7 Å². The number of unbranched alkanes of at least 4 members (excludes halogenated alkanes) is 2. The van der Waals surface area contributed by atoms with Gasteiger partial charge in [0, 0.05) is 22.6 Å². The Morgan fingerprint density at radius 3 is 2.13 bits per heavy atom. The number of hydrogen-bond acceptors (Lipinski definition) is 3. The van der Waals surface area contributed by atoms with Crippen LogP contribution in [0.25, 0.3) is 21.5 Å². The van der Waals surface area contributed by atoms with Crippen molar-refractivity contribution in [3.8, 4) is 0 Å². The molecule has 3 aromatic rings. The molecule has 5 heteroatoms. The number of benzene rings is 3. The van der Waals surface area contributed by atoms with Crippen LogP contribution in [0.4, 0.5) is 0 Å². The van der Waals surface area contributed by atoms with E-state index in [9.17, 15) is 8.42 Å². The van der Waals surface area contributed by atoms with Gasteiger partial charge in [0.05, 0.1) is 0 Å². The monoisotopic (exact) mass is 442 g/mol. The zero-order valence-electron chi connectivity index (χ0n) is 17.5. The zero-order valence-corrected chi connectivity index (χ0v) is 19.2. The highest BCUT2D eigenvalue weighted by atomic mass is 32.3. The Bertz CT molecular complexity index is 1140. The lowest BCUT2D eigenvalue weighted by Gasteiger charge is -2.37. The number of fused-ring (bicyclic) bond motifs is 2. The Morgan fingerprint density at radius 2 is 1.50 bits per heavy atom. The van der Waals surface area contributed by atoms with E-state index in [0.29, 0.717) is 16.9 Å². The summed E-state index contributed by atoms with van der Waals surface area (Å²) in [6, 6.07) is 17.3. The van der Waals surface area contributed by atoms with Gasteiger partial charge in [0.1, 0.15) is 4.90 Å². The molecule has 0 bridgehead atoms. The van der Waals surface area contributed by atoms with Gasteiger partial charge in [-0.1, -0.05) is 68.3 Å². The van der Waals surface area contributed by atoms with E-state index in [4.69, 9.17) is 3.63 Å². The highest BCUT2D eigenvalue weighted by molar-refractivity contribution is 8.33. The van der Waals surface area contributed by atoms with Gasteiger partial charge in [0.25, 0.3) is 0 Å². The zero-order chi connectivity index (χ0) is 21.6. The third-order valence-electron chi connectivity index (χ3n) is 5.17. The molecule has 0 amide bonds. The lowest BCUT2D eigenvalue weighted by atomic mass is 10.0. The van der Waals surface area contributed by atoms with Crippen molar-refractivity contribution in [1.82, 2.24) is 0 Å². The summed E-state index contributed by atoms with van der Waals surface area (Å²) in [5.41, 5.74) is 0. The van der Waals surface area contributed by atoms with Crippen molar-refractivity contribution in [2.45, 2.75) is 31.1 Å². The lowest BCUT2D eigenvalue weighted by molar-refractivity contribution is 0.510. The van der Waals surface area contributed by atoms with E-state index in [1.165, 1.54) is 0 Å². The number of hydrogen-bond donors (Lipinski definition) is 0. The quantitative estimate of drug-likeness (QED) is 0.183. The Morgan fingerprint density at radius 1 is 0.867 bits per heavy atom. The van der Waals surface area contributed by atoms with Crippen LogP contribution in [0.5, 0.6) is 0 Å². The molecule has 0 aromatic heterocycles. The van der Waals surface area contributed by atoms with Crippen LogP contribution in [0.1, 0.15) is 26.2 Å². The van der Waals surface area contributed by atoms with Crippen LogP contribution >= 0.6 is 10.3 Å². The SMILES string of the molecule is C=CCS(CC=C)(CCCCC)OS(=O)(=O)c1cccc2cc3ccccc3cc12. The van der Waals surface area contributed by atoms with Gasteiger partial charge >= 0.3 is 10.1 Å². The molecule has 0 N–H and O–H groups in total. The molecule has 0 radical (unpaired) electrons. The predicted molar refractivity (Wildman–Crippen MR) is 132 cm³/mol. The Labute approximate surface area is 182 Å². The minimum atomic E-state index is -3.95. The van der Waals surface area contributed by atoms with E-state index < -0.39 is 20.4 Å². The molecule has 3 nitrogen and oxygen atoms in total. The normalized spacial score (nSPS) is 12.8. The summed E-state index contributed by atoms with van der Waals surface area (Å²) in [6.45, 7) is 9.84. The average molecular weight is 443 g/mol. The van der Waals surface area contributed by atoms with Gasteiger partial charge in [-0.3, -0.25) is 0 Å². The van der Waals surface area contributed by atoms with Gasteiger partial charge in [-0.2, -0.15) is 8.42 Å². The highest BCUT2D eigenvalue weighted by Gasteiger charge is 2.31. The highest BCUT2D eigenvalue weighted by Crippen LogP contribution is 2.53. The maximum atomic E-state index is 13.5. The fourth-order valence-electron chi connectivity index (χ4n) is 3.75. The first-order chi connectivity index (χ1) is 14.4. The summed E-state index contributed by atoms with van der Waals surface area (Å²) in [7, 11) is -5.86. The molecule has 0 aliphatic rings. The minimum Gasteiger partial charge on any atom is -0.216 e. The largest absolute Gasteiger partial charge is 0.306 e. The molecule has 30 heavy (non-hydrogen) atoms. The maximum absolute atomic E-state index is 13.5. The van der Waals surface area contributed by atoms with Crippen molar-refractivity contribution in [3.05, 3.63) is 79.9 Å². The molecule has 0 fully saturated rings. The molecule has 0 spiro atoms. The summed E-state index contributed by atoms with van der Waals surface area (Å²) in [4.78, 5) is 0.228. The third kappa shape index (κ3) is 4.97. The first-order valence-electron chi connectivity index (χ1n) is 10.3. The molecular weight excluding hydrogens is 412 g/mol. The summed E-state index contributed by atoms with van der Waals surface area (Å²) in [5.74, 6) is 1.80. The van der Waals surface area contributed by atoms with Gasteiger partial charge in [-0.05, 0) is 40.8 Å². The van der Waals surface area contributed by atoms with Crippen LogP contribution in [0.3, 0.4) is 0 Å². The van der Waals surface area contributed by atoms with E-state index in [2.05, 4.69) is 20.1 Å². The average Bonchev–Trinajstić information content (AvgIpc) is 2.72. The second-order valence-electron chi connectivity index (χ2n) is 7.49. The van der Waals surface area contributed by atoms with Crippen molar-refractivity contribution in [3.63, 3.8) is 0 Å². The molecule has 0 atom stereocenters. The summed E-state index contributed by atoms with van der Waals surface area (Å²) >= 11 is 0. The first-order valence-corrected chi connectivity index (χ1v) is 13.8. The fraction of sp³-hybridized carbons (Fsp3) is 0.280. The fourth-order valence-corrected chi connectivity index (χ4v) is 9.03. The van der Waals surface area contributed by atoms with Crippen molar-refractivity contribution in [2.24, 2.45) is 0 Å². The Balaban J connectivity index is 2.07. The molecule has 0 unspecified atom stereocenters. The molecule has 160 valence electrons. The summed E-state index contributed by atoms with van der Waals surface area (Å²) in [5, 5.41) is 3.66. The summed E-state index contributed by atoms with van der Waals surface area (Å²) in [6.07, 6.45) is 6.60. The van der Waals surface area contributed by atoms with E-state index in [1.807, 2.05) is 42.5 Å². The molecule has 0 heterocycles. The van der Waals surface area contributed by atoms with Crippen molar-refractivity contribution >= 4 is 42.0 Å². The van der Waals surface area contributed by atoms with Crippen molar-refractivity contribution in [1.29, 1.82) is 0 Å². The second-order valence-corrected chi connectivity index (χ2v) is 12.4. The topological polar surface area (TPSA) is 43.4 Å². The predicted octanol–water partition coefficient (Wildman–Crippen LogP) is 6.98. The van der Waals surface area contributed by atoms with E-state index in [1.54, 1.807) is 24.3 Å². The van der Waals surface area contributed by atoms with E-state index >= 15 is 0 Å². The molecule has 3 rings (SSSR count). The van der Waals surface area contributed by atoms with Gasteiger partial charge in [-0.25, -0.2) is 3.63 Å². The molecule has 0 saturated carbocycles. The van der Waals surface area contributed by atoms with Gasteiger partial charge < -0.3 is 0 Å². The van der Waals surface area contributed by atoms with Crippen molar-refractivity contribution in [2.75, 3.05) is 17.3 Å². The second kappa shape index (κ2) is 9.82. The van der Waals surface area contributed by atoms with Crippen molar-refractivity contribution < 1.29 is 12.0 Å². The van der Waals surface area contributed by atoms with Crippen LogP contribution in [0, 0.1) is 0 Å². The number of rotatable bonds is 11. The third-order valence-corrected chi connectivity index (χ3v) is 10.7. The van der Waals surface area contributed by atoms with Crippen LogP contribution in [0.2, 0.25) is 0 Å². The van der Waals surface area contributed by atoms with Gasteiger partial charge in [0.15, 0.2) is 0 Å². The van der Waals surface area contributed by atoms with Crippen LogP contribution < -0.4 is 0 Å². The maximum Gasteiger partial charge on any atom is 0.306 e. The minimum absolute atomic E-state index is 0.228. The van der Waals surface area contributed by atoms with E-state index in [-0.39, 0.29) is 4.90 Å². The molecule has 0 aliphatic carbocycles. The Kier molecular flexibility index (Phi) is 7.40. The molecule has 3 aromatic carbocycles. The van der Waals surface area contributed by atoms with Gasteiger partial charge in [-0.15, -0.1) is 23.5 Å². The molecular formula is C25H30O3S2. The Hall–Kier alpha value is -2.08. The first kappa shape index (κ1) is 22.6. The van der Waals surface area contributed by atoms with Crippen LogP contribution in [0.15, 0.2) is 84.8 Å². The summed E-state index contributed by atoms with van der Waals surface area (Å²) < 4.78 is 33.1. The lowest BCUT2D eigenvalue weighted by Crippen LogP contribution is -2.20. The van der Waals surface area contributed by atoms with Crippen LogP contribution in [-0.4, -0.2) is 25.7 Å². The molecule has 0 aliphatic heterocycles. The van der Waals surface area contributed by atoms with E-state index in [0.717, 1.165) is 41.2 Å². The van der Waals surface area contributed by atoms with Gasteiger partial charge in [0.2, 0.25) is 0 Å². The smallest absolute Gasteiger partial charge is 0.216 e.